The van der Waals surface area contributed by atoms with Crippen molar-refractivity contribution < 1.29 is 4.79 Å². The number of rotatable bonds is 3. The van der Waals surface area contributed by atoms with E-state index in [1.54, 1.807) is 11.8 Å². The third kappa shape index (κ3) is 2.86. The molecule has 0 amide bonds. The Morgan fingerprint density at radius 1 is 1.36 bits per heavy atom. The first-order valence-electron chi connectivity index (χ1n) is 4.36. The summed E-state index contributed by atoms with van der Waals surface area (Å²) in [5.41, 5.74) is 0. The van der Waals surface area contributed by atoms with Crippen molar-refractivity contribution in [2.24, 2.45) is 5.92 Å². The highest BCUT2D eigenvalue weighted by Gasteiger charge is 2.19. The molecule has 0 unspecified atom stereocenters. The first-order valence-corrected chi connectivity index (χ1v) is 5.75. The predicted molar refractivity (Wildman–Crippen MR) is 50.0 cm³/mol. The molecule has 11 heavy (non-hydrogen) atoms. The summed E-state index contributed by atoms with van der Waals surface area (Å²) in [4.78, 5) is 11.4. The minimum Gasteiger partial charge on any atom is -0.298 e. The van der Waals surface area contributed by atoms with Crippen molar-refractivity contribution in [2.45, 2.75) is 32.1 Å². The van der Waals surface area contributed by atoms with E-state index < -0.39 is 0 Å². The molecule has 1 fully saturated rings. The van der Waals surface area contributed by atoms with Gasteiger partial charge in [0.25, 0.3) is 0 Å². The molecular formula is C9H16OS. The molecule has 0 saturated heterocycles. The summed E-state index contributed by atoms with van der Waals surface area (Å²) in [5, 5.41) is 0. The van der Waals surface area contributed by atoms with Crippen LogP contribution in [0, 0.1) is 5.92 Å². The number of hydrogen-bond acceptors (Lipinski definition) is 2. The summed E-state index contributed by atoms with van der Waals surface area (Å²) in [7, 11) is 0. The third-order valence-corrected chi connectivity index (χ3v) is 2.92. The quantitative estimate of drug-likeness (QED) is 0.650. The topological polar surface area (TPSA) is 17.1 Å². The van der Waals surface area contributed by atoms with Crippen LogP contribution in [0.4, 0.5) is 0 Å². The molecule has 0 spiro atoms. The SMILES string of the molecule is CSCC(=O)C1CCCCC1. The number of thioether (sulfide) groups is 1. The van der Waals surface area contributed by atoms with Crippen molar-refractivity contribution >= 4 is 17.5 Å². The van der Waals surface area contributed by atoms with Crippen LogP contribution in [0.1, 0.15) is 32.1 Å². The molecule has 0 aromatic heterocycles. The average Bonchev–Trinajstić information content (AvgIpc) is 2.07. The molecule has 64 valence electrons. The lowest BCUT2D eigenvalue weighted by molar-refractivity contribution is -0.121. The lowest BCUT2D eigenvalue weighted by Gasteiger charge is -2.19. The monoisotopic (exact) mass is 172 g/mol. The van der Waals surface area contributed by atoms with Gasteiger partial charge in [-0.2, -0.15) is 11.8 Å². The molecule has 1 aliphatic carbocycles. The number of hydrogen-bond donors (Lipinski definition) is 0. The van der Waals surface area contributed by atoms with Crippen LogP contribution >= 0.6 is 11.8 Å². The first-order chi connectivity index (χ1) is 5.34. The van der Waals surface area contributed by atoms with E-state index in [-0.39, 0.29) is 0 Å². The Morgan fingerprint density at radius 3 is 2.55 bits per heavy atom. The maximum absolute atomic E-state index is 11.4. The smallest absolute Gasteiger partial charge is 0.145 e. The minimum absolute atomic E-state index is 0.413. The van der Waals surface area contributed by atoms with Gasteiger partial charge in [-0.3, -0.25) is 4.79 Å². The minimum atomic E-state index is 0.413. The van der Waals surface area contributed by atoms with E-state index in [0.717, 1.165) is 18.6 Å². The van der Waals surface area contributed by atoms with Gasteiger partial charge in [-0.05, 0) is 19.1 Å². The summed E-state index contributed by atoms with van der Waals surface area (Å²) in [6, 6.07) is 0. The molecule has 1 nitrogen and oxygen atoms in total. The molecule has 1 saturated carbocycles. The largest absolute Gasteiger partial charge is 0.298 e. The van der Waals surface area contributed by atoms with Gasteiger partial charge < -0.3 is 0 Å². The van der Waals surface area contributed by atoms with Crippen molar-refractivity contribution in [2.75, 3.05) is 12.0 Å². The lowest BCUT2D eigenvalue weighted by Crippen LogP contribution is -2.19. The van der Waals surface area contributed by atoms with E-state index in [1.165, 1.54) is 19.3 Å². The summed E-state index contributed by atoms with van der Waals surface area (Å²) in [6.45, 7) is 0. The van der Waals surface area contributed by atoms with Gasteiger partial charge in [0.1, 0.15) is 5.78 Å². The Hall–Kier alpha value is 0.0200. The fourth-order valence-electron chi connectivity index (χ4n) is 1.68. The van der Waals surface area contributed by atoms with Crippen LogP contribution in [0.2, 0.25) is 0 Å². The fraction of sp³-hybridized carbons (Fsp3) is 0.889. The van der Waals surface area contributed by atoms with Crippen molar-refractivity contribution in [1.29, 1.82) is 0 Å². The van der Waals surface area contributed by atoms with Gasteiger partial charge in [-0.1, -0.05) is 19.3 Å². The maximum Gasteiger partial charge on any atom is 0.145 e. The molecular weight excluding hydrogens is 156 g/mol. The van der Waals surface area contributed by atoms with Crippen molar-refractivity contribution in [3.8, 4) is 0 Å². The Balaban J connectivity index is 2.27. The molecule has 1 rings (SSSR count). The highest BCUT2D eigenvalue weighted by molar-refractivity contribution is 7.99. The summed E-state index contributed by atoms with van der Waals surface area (Å²) in [6.07, 6.45) is 8.18. The molecule has 0 aromatic rings. The van der Waals surface area contributed by atoms with Crippen LogP contribution < -0.4 is 0 Å². The number of Topliss-reactive ketones (excluding diaryl/α,β-unsaturated/α-hetero) is 1. The third-order valence-electron chi connectivity index (χ3n) is 2.35. The Bertz CT molecular complexity index is 128. The zero-order valence-corrected chi connectivity index (χ0v) is 7.95. The Morgan fingerprint density at radius 2 is 2.00 bits per heavy atom. The van der Waals surface area contributed by atoms with Crippen molar-refractivity contribution in [1.82, 2.24) is 0 Å². The van der Waals surface area contributed by atoms with Gasteiger partial charge >= 0.3 is 0 Å². The second kappa shape index (κ2) is 4.81. The molecule has 0 aliphatic heterocycles. The van der Waals surface area contributed by atoms with Crippen molar-refractivity contribution in [3.05, 3.63) is 0 Å². The van der Waals surface area contributed by atoms with Crippen LogP contribution in [-0.2, 0) is 4.79 Å². The molecule has 1 aliphatic rings. The second-order valence-corrected chi connectivity index (χ2v) is 4.10. The highest BCUT2D eigenvalue weighted by Crippen LogP contribution is 2.24. The van der Waals surface area contributed by atoms with Gasteiger partial charge in [-0.25, -0.2) is 0 Å². The van der Waals surface area contributed by atoms with Gasteiger partial charge in [0.2, 0.25) is 0 Å². The zero-order valence-electron chi connectivity index (χ0n) is 7.14. The summed E-state index contributed by atoms with van der Waals surface area (Å²) in [5.74, 6) is 1.62. The predicted octanol–water partition coefficient (Wildman–Crippen LogP) is 2.50. The van der Waals surface area contributed by atoms with E-state index >= 15 is 0 Å². The fourth-order valence-corrected chi connectivity index (χ4v) is 2.20. The second-order valence-electron chi connectivity index (χ2n) is 3.23. The maximum atomic E-state index is 11.4. The van der Waals surface area contributed by atoms with E-state index in [0.29, 0.717) is 11.7 Å². The highest BCUT2D eigenvalue weighted by atomic mass is 32.2. The number of carbonyl (C=O) groups is 1. The van der Waals surface area contributed by atoms with Crippen LogP contribution in [0.15, 0.2) is 0 Å². The Labute approximate surface area is 72.9 Å². The van der Waals surface area contributed by atoms with Crippen LogP contribution in [-0.4, -0.2) is 17.8 Å². The van der Waals surface area contributed by atoms with Crippen molar-refractivity contribution in [3.63, 3.8) is 0 Å². The normalized spacial score (nSPS) is 20.1. The molecule has 0 heterocycles. The van der Waals surface area contributed by atoms with Gasteiger partial charge in [0, 0.05) is 5.92 Å². The van der Waals surface area contributed by atoms with Crippen LogP contribution in [0.3, 0.4) is 0 Å². The lowest BCUT2D eigenvalue weighted by atomic mass is 9.87. The first kappa shape index (κ1) is 9.11. The standard InChI is InChI=1S/C9H16OS/c1-11-7-9(10)8-5-3-2-4-6-8/h8H,2-7H2,1H3. The Kier molecular flexibility index (Phi) is 3.98. The van der Waals surface area contributed by atoms with E-state index in [1.807, 2.05) is 6.26 Å². The van der Waals surface area contributed by atoms with Crippen LogP contribution in [0.25, 0.3) is 0 Å². The average molecular weight is 172 g/mol. The number of ketones is 1. The molecule has 0 aromatic carbocycles. The molecule has 0 radical (unpaired) electrons. The summed E-state index contributed by atoms with van der Waals surface area (Å²) < 4.78 is 0. The molecule has 2 heteroatoms. The summed E-state index contributed by atoms with van der Waals surface area (Å²) >= 11 is 1.65. The van der Waals surface area contributed by atoms with E-state index in [4.69, 9.17) is 0 Å². The zero-order chi connectivity index (χ0) is 8.10. The van der Waals surface area contributed by atoms with Crippen LogP contribution in [0.5, 0.6) is 0 Å². The van der Waals surface area contributed by atoms with Gasteiger partial charge in [0.15, 0.2) is 0 Å². The van der Waals surface area contributed by atoms with Gasteiger partial charge in [-0.15, -0.1) is 0 Å². The molecule has 0 atom stereocenters. The van der Waals surface area contributed by atoms with E-state index in [2.05, 4.69) is 0 Å². The number of carbonyl (C=O) groups excluding carboxylic acids is 1. The van der Waals surface area contributed by atoms with Gasteiger partial charge in [0.05, 0.1) is 5.75 Å². The molecule has 0 N–H and O–H groups in total. The van der Waals surface area contributed by atoms with E-state index in [9.17, 15) is 4.79 Å². The molecule has 0 bridgehead atoms.